The predicted molar refractivity (Wildman–Crippen MR) is 121 cm³/mol. The summed E-state index contributed by atoms with van der Waals surface area (Å²) in [5, 5.41) is 3.37. The van der Waals surface area contributed by atoms with Gasteiger partial charge in [0.1, 0.15) is 17.3 Å². The van der Waals surface area contributed by atoms with Crippen molar-refractivity contribution < 1.29 is 13.9 Å². The van der Waals surface area contributed by atoms with Crippen molar-refractivity contribution in [3.8, 4) is 11.5 Å². The fourth-order valence-electron chi connectivity index (χ4n) is 3.28. The molecule has 1 N–H and O–H groups in total. The molecule has 0 bridgehead atoms. The van der Waals surface area contributed by atoms with Gasteiger partial charge in [-0.25, -0.2) is 0 Å². The van der Waals surface area contributed by atoms with E-state index in [2.05, 4.69) is 26.2 Å². The van der Waals surface area contributed by atoms with Crippen molar-refractivity contribution in [1.82, 2.24) is 15.1 Å². The van der Waals surface area contributed by atoms with E-state index in [1.54, 1.807) is 20.5 Å². The molecule has 154 valence electrons. The van der Waals surface area contributed by atoms with E-state index >= 15 is 0 Å². The van der Waals surface area contributed by atoms with Crippen LogP contribution in [0.3, 0.4) is 0 Å². The van der Waals surface area contributed by atoms with Crippen molar-refractivity contribution >= 4 is 29.9 Å². The Hall–Kier alpha value is -1.94. The number of guanidine groups is 1. The number of nitrogens with one attached hydrogen (secondary N) is 1. The molecular formula is C20H29IN4O3. The summed E-state index contributed by atoms with van der Waals surface area (Å²) < 4.78 is 16.2. The van der Waals surface area contributed by atoms with Gasteiger partial charge >= 0.3 is 0 Å². The number of halogens is 1. The summed E-state index contributed by atoms with van der Waals surface area (Å²) in [5.74, 6) is 3.56. The van der Waals surface area contributed by atoms with Crippen molar-refractivity contribution in [2.75, 3.05) is 47.4 Å². The molecule has 8 heteroatoms. The lowest BCUT2D eigenvalue weighted by Gasteiger charge is -2.36. The molecule has 7 nitrogen and oxygen atoms in total. The molecule has 1 saturated heterocycles. The van der Waals surface area contributed by atoms with E-state index in [9.17, 15) is 0 Å². The van der Waals surface area contributed by atoms with Crippen molar-refractivity contribution in [2.45, 2.75) is 13.1 Å². The Morgan fingerprint density at radius 2 is 1.93 bits per heavy atom. The third-order valence-electron chi connectivity index (χ3n) is 4.77. The van der Waals surface area contributed by atoms with Gasteiger partial charge in [-0.2, -0.15) is 0 Å². The Labute approximate surface area is 183 Å². The van der Waals surface area contributed by atoms with E-state index in [0.717, 1.165) is 61.5 Å². The minimum Gasteiger partial charge on any atom is -0.497 e. The highest BCUT2D eigenvalue weighted by Crippen LogP contribution is 2.25. The summed E-state index contributed by atoms with van der Waals surface area (Å²) in [6, 6.07) is 9.79. The van der Waals surface area contributed by atoms with Gasteiger partial charge < -0.3 is 24.1 Å². The first-order chi connectivity index (χ1) is 13.2. The Balaban J connectivity index is 0.00000280. The van der Waals surface area contributed by atoms with Crippen LogP contribution < -0.4 is 14.8 Å². The third-order valence-corrected chi connectivity index (χ3v) is 4.77. The number of hydrogen-bond donors (Lipinski definition) is 1. The summed E-state index contributed by atoms with van der Waals surface area (Å²) in [4.78, 5) is 9.11. The average Bonchev–Trinajstić information content (AvgIpc) is 3.23. The highest BCUT2D eigenvalue weighted by Gasteiger charge is 2.21. The molecule has 0 atom stereocenters. The molecule has 0 spiro atoms. The van der Waals surface area contributed by atoms with E-state index in [1.165, 1.54) is 0 Å². The lowest BCUT2D eigenvalue weighted by atomic mass is 10.1. The van der Waals surface area contributed by atoms with Gasteiger partial charge in [-0.05, 0) is 30.3 Å². The molecule has 0 saturated carbocycles. The van der Waals surface area contributed by atoms with Gasteiger partial charge in [0.2, 0.25) is 0 Å². The molecule has 2 aromatic rings. The second kappa shape index (κ2) is 11.2. The monoisotopic (exact) mass is 500 g/mol. The number of ether oxygens (including phenoxy) is 2. The number of furan rings is 1. The molecule has 1 aromatic carbocycles. The van der Waals surface area contributed by atoms with Crippen LogP contribution in [0.5, 0.6) is 11.5 Å². The molecule has 1 aliphatic heterocycles. The highest BCUT2D eigenvalue weighted by molar-refractivity contribution is 14.0. The number of rotatable bonds is 6. The standard InChI is InChI=1S/C20H28N4O3.HI/c1-21-20(22-14-18-5-4-12-27-18)24-10-8-23(9-11-24)15-16-13-17(25-2)6-7-19(16)26-3;/h4-7,12-13H,8-11,14-15H2,1-3H3,(H,21,22);1H. The summed E-state index contributed by atoms with van der Waals surface area (Å²) in [7, 11) is 5.21. The Bertz CT molecular complexity index is 744. The first kappa shape index (κ1) is 22.4. The number of aliphatic imine (C=N–C) groups is 1. The maximum Gasteiger partial charge on any atom is 0.194 e. The first-order valence-electron chi connectivity index (χ1n) is 9.14. The lowest BCUT2D eigenvalue weighted by Crippen LogP contribution is -2.52. The van der Waals surface area contributed by atoms with Crippen molar-refractivity contribution in [3.63, 3.8) is 0 Å². The molecule has 2 heterocycles. The maximum atomic E-state index is 5.50. The molecule has 3 rings (SSSR count). The average molecular weight is 500 g/mol. The second-order valence-corrected chi connectivity index (χ2v) is 6.42. The molecule has 1 fully saturated rings. The zero-order chi connectivity index (χ0) is 19.1. The zero-order valence-corrected chi connectivity index (χ0v) is 19.0. The quantitative estimate of drug-likeness (QED) is 0.374. The summed E-state index contributed by atoms with van der Waals surface area (Å²) in [6.07, 6.45) is 1.69. The van der Waals surface area contributed by atoms with E-state index in [4.69, 9.17) is 13.9 Å². The Morgan fingerprint density at radius 3 is 2.54 bits per heavy atom. The number of nitrogens with zero attached hydrogens (tertiary/aromatic N) is 3. The van der Waals surface area contributed by atoms with Crippen LogP contribution >= 0.6 is 24.0 Å². The zero-order valence-electron chi connectivity index (χ0n) is 16.7. The number of methoxy groups -OCH3 is 2. The summed E-state index contributed by atoms with van der Waals surface area (Å²) in [5.41, 5.74) is 1.14. The molecule has 1 aliphatic rings. The molecule has 0 unspecified atom stereocenters. The Morgan fingerprint density at radius 1 is 1.14 bits per heavy atom. The molecular weight excluding hydrogens is 471 g/mol. The second-order valence-electron chi connectivity index (χ2n) is 6.42. The van der Waals surface area contributed by atoms with Crippen LogP contribution in [0.1, 0.15) is 11.3 Å². The number of piperazine rings is 1. The van der Waals surface area contributed by atoms with Gasteiger partial charge in [-0.1, -0.05) is 0 Å². The van der Waals surface area contributed by atoms with Gasteiger partial charge in [0, 0.05) is 45.3 Å². The molecule has 0 aliphatic carbocycles. The Kier molecular flexibility index (Phi) is 8.91. The predicted octanol–water partition coefficient (Wildman–Crippen LogP) is 2.81. The third kappa shape index (κ3) is 5.78. The van der Waals surface area contributed by atoms with E-state index in [1.807, 2.05) is 31.3 Å². The fourth-order valence-corrected chi connectivity index (χ4v) is 3.28. The SMILES string of the molecule is CN=C(NCc1ccco1)N1CCN(Cc2cc(OC)ccc2OC)CC1.I. The minimum absolute atomic E-state index is 0. The van der Waals surface area contributed by atoms with E-state index in [0.29, 0.717) is 6.54 Å². The van der Waals surface area contributed by atoms with E-state index < -0.39 is 0 Å². The first-order valence-corrected chi connectivity index (χ1v) is 9.14. The van der Waals surface area contributed by atoms with Gasteiger partial charge in [0.05, 0.1) is 27.0 Å². The van der Waals surface area contributed by atoms with Crippen LogP contribution in [0.15, 0.2) is 46.0 Å². The van der Waals surface area contributed by atoms with E-state index in [-0.39, 0.29) is 24.0 Å². The number of hydrogen-bond acceptors (Lipinski definition) is 5. The van der Waals surface area contributed by atoms with Crippen LogP contribution in [0.4, 0.5) is 0 Å². The van der Waals surface area contributed by atoms with Crippen LogP contribution in [0.2, 0.25) is 0 Å². The van der Waals surface area contributed by atoms with Crippen molar-refractivity contribution in [2.24, 2.45) is 4.99 Å². The van der Waals surface area contributed by atoms with Gasteiger partial charge in [0.15, 0.2) is 5.96 Å². The van der Waals surface area contributed by atoms with Gasteiger partial charge in [0.25, 0.3) is 0 Å². The largest absolute Gasteiger partial charge is 0.497 e. The smallest absolute Gasteiger partial charge is 0.194 e. The highest BCUT2D eigenvalue weighted by atomic mass is 127. The summed E-state index contributed by atoms with van der Waals surface area (Å²) >= 11 is 0. The van der Waals surface area contributed by atoms with Crippen LogP contribution in [0, 0.1) is 0 Å². The molecule has 28 heavy (non-hydrogen) atoms. The molecule has 0 radical (unpaired) electrons. The lowest BCUT2D eigenvalue weighted by molar-refractivity contribution is 0.170. The van der Waals surface area contributed by atoms with Crippen molar-refractivity contribution in [3.05, 3.63) is 47.9 Å². The maximum absolute atomic E-state index is 5.50. The van der Waals surface area contributed by atoms with Crippen molar-refractivity contribution in [1.29, 1.82) is 0 Å². The molecule has 1 aromatic heterocycles. The summed E-state index contributed by atoms with van der Waals surface area (Å²) in [6.45, 7) is 5.24. The fraction of sp³-hybridized carbons (Fsp3) is 0.450. The minimum atomic E-state index is 0. The van der Waals surface area contributed by atoms with Crippen LogP contribution in [-0.2, 0) is 13.1 Å². The van der Waals surface area contributed by atoms with Crippen LogP contribution in [0.25, 0.3) is 0 Å². The molecule has 0 amide bonds. The van der Waals surface area contributed by atoms with Gasteiger partial charge in [-0.15, -0.1) is 24.0 Å². The normalized spacial score (nSPS) is 15.1. The topological polar surface area (TPSA) is 62.5 Å². The van der Waals surface area contributed by atoms with Crippen LogP contribution in [-0.4, -0.2) is 63.2 Å². The number of benzene rings is 1. The van der Waals surface area contributed by atoms with Gasteiger partial charge in [-0.3, -0.25) is 9.89 Å².